The molecule has 2 fully saturated rings. The molecule has 8 heteroatoms. The van der Waals surface area contributed by atoms with Gasteiger partial charge in [-0.15, -0.1) is 24.8 Å². The number of hydrogen-bond donors (Lipinski definition) is 2. The minimum atomic E-state index is -0.0294. The lowest BCUT2D eigenvalue weighted by atomic mass is 10.1. The van der Waals surface area contributed by atoms with Crippen LogP contribution in [0.15, 0.2) is 18.3 Å². The van der Waals surface area contributed by atoms with Crippen molar-refractivity contribution in [1.29, 1.82) is 0 Å². The quantitative estimate of drug-likeness (QED) is 0.846. The summed E-state index contributed by atoms with van der Waals surface area (Å²) in [5, 5.41) is 6.43. The Morgan fingerprint density at radius 3 is 2.83 bits per heavy atom. The molecule has 2 aliphatic heterocycles. The molecule has 0 spiro atoms. The Morgan fingerprint density at radius 1 is 1.35 bits per heavy atom. The summed E-state index contributed by atoms with van der Waals surface area (Å²) in [4.78, 5) is 19.1. The molecule has 1 unspecified atom stereocenters. The number of morpholine rings is 1. The molecule has 0 aliphatic carbocycles. The van der Waals surface area contributed by atoms with Crippen LogP contribution < -0.4 is 15.5 Å². The maximum Gasteiger partial charge on any atom is 0.255 e. The van der Waals surface area contributed by atoms with Gasteiger partial charge < -0.3 is 20.3 Å². The average Bonchev–Trinajstić information content (AvgIpc) is 2.56. The van der Waals surface area contributed by atoms with Crippen LogP contribution in [0.4, 0.5) is 5.82 Å². The van der Waals surface area contributed by atoms with Crippen LogP contribution in [-0.2, 0) is 4.74 Å². The third-order valence-corrected chi connectivity index (χ3v) is 3.97. The Kier molecular flexibility index (Phi) is 8.62. The molecule has 1 aromatic rings. The van der Waals surface area contributed by atoms with Gasteiger partial charge in [0, 0.05) is 31.9 Å². The molecule has 0 radical (unpaired) electrons. The molecule has 0 aromatic carbocycles. The second-order valence-electron chi connectivity index (χ2n) is 5.49. The Labute approximate surface area is 149 Å². The van der Waals surface area contributed by atoms with Crippen LogP contribution in [0.25, 0.3) is 0 Å². The number of ether oxygens (including phenoxy) is 1. The molecule has 3 rings (SSSR count). The minimum absolute atomic E-state index is 0. The predicted octanol–water partition coefficient (Wildman–Crippen LogP) is 1.24. The SMILES string of the molecule is Cl.Cl.O=C(NC1CCCNC1)c1cccnc1N1CCOCC1. The third kappa shape index (κ3) is 5.21. The largest absolute Gasteiger partial charge is 0.378 e. The highest BCUT2D eigenvalue weighted by atomic mass is 35.5. The summed E-state index contributed by atoms with van der Waals surface area (Å²) in [6.07, 6.45) is 3.88. The first-order valence-corrected chi connectivity index (χ1v) is 7.64. The molecule has 1 amide bonds. The topological polar surface area (TPSA) is 66.5 Å². The molecule has 1 atom stereocenters. The van der Waals surface area contributed by atoms with E-state index in [0.717, 1.165) is 44.8 Å². The number of anilines is 1. The highest BCUT2D eigenvalue weighted by Crippen LogP contribution is 2.18. The highest BCUT2D eigenvalue weighted by molar-refractivity contribution is 5.99. The number of piperidine rings is 1. The summed E-state index contributed by atoms with van der Waals surface area (Å²) in [6, 6.07) is 3.88. The first-order valence-electron chi connectivity index (χ1n) is 7.64. The Morgan fingerprint density at radius 2 is 2.13 bits per heavy atom. The van der Waals surface area contributed by atoms with E-state index >= 15 is 0 Å². The molecule has 2 aliphatic rings. The second-order valence-corrected chi connectivity index (χ2v) is 5.49. The van der Waals surface area contributed by atoms with Crippen molar-refractivity contribution in [2.45, 2.75) is 18.9 Å². The zero-order chi connectivity index (χ0) is 14.5. The lowest BCUT2D eigenvalue weighted by molar-refractivity contribution is 0.0929. The number of carbonyl (C=O) groups excluding carboxylic acids is 1. The van der Waals surface area contributed by atoms with Crippen molar-refractivity contribution in [2.24, 2.45) is 0 Å². The highest BCUT2D eigenvalue weighted by Gasteiger charge is 2.22. The van der Waals surface area contributed by atoms with E-state index in [4.69, 9.17) is 4.74 Å². The first-order chi connectivity index (χ1) is 10.3. The van der Waals surface area contributed by atoms with E-state index in [1.165, 1.54) is 0 Å². The smallest absolute Gasteiger partial charge is 0.255 e. The number of nitrogens with zero attached hydrogens (tertiary/aromatic N) is 2. The van der Waals surface area contributed by atoms with Gasteiger partial charge in [-0.25, -0.2) is 4.98 Å². The van der Waals surface area contributed by atoms with Crippen molar-refractivity contribution in [3.05, 3.63) is 23.9 Å². The van der Waals surface area contributed by atoms with E-state index in [-0.39, 0.29) is 36.8 Å². The normalized spacial score (nSPS) is 20.9. The fourth-order valence-electron chi connectivity index (χ4n) is 2.84. The maximum atomic E-state index is 12.5. The molecule has 6 nitrogen and oxygen atoms in total. The molecule has 2 saturated heterocycles. The van der Waals surface area contributed by atoms with Gasteiger partial charge in [-0.2, -0.15) is 0 Å². The third-order valence-electron chi connectivity index (χ3n) is 3.97. The van der Waals surface area contributed by atoms with Crippen LogP contribution in [-0.4, -0.2) is 56.3 Å². The van der Waals surface area contributed by atoms with Gasteiger partial charge in [-0.05, 0) is 31.5 Å². The Balaban J connectivity index is 0.00000132. The Bertz CT molecular complexity index is 492. The van der Waals surface area contributed by atoms with Crippen LogP contribution in [0.2, 0.25) is 0 Å². The fourth-order valence-corrected chi connectivity index (χ4v) is 2.84. The van der Waals surface area contributed by atoms with Gasteiger partial charge in [0.15, 0.2) is 0 Å². The van der Waals surface area contributed by atoms with Crippen LogP contribution >= 0.6 is 24.8 Å². The summed E-state index contributed by atoms with van der Waals surface area (Å²) in [6.45, 7) is 4.82. The van der Waals surface area contributed by atoms with Gasteiger partial charge in [-0.3, -0.25) is 4.79 Å². The molecule has 23 heavy (non-hydrogen) atoms. The van der Waals surface area contributed by atoms with Crippen molar-refractivity contribution in [2.75, 3.05) is 44.3 Å². The van der Waals surface area contributed by atoms with E-state index < -0.39 is 0 Å². The van der Waals surface area contributed by atoms with Crippen molar-refractivity contribution >= 4 is 36.5 Å². The lowest BCUT2D eigenvalue weighted by Gasteiger charge is -2.30. The minimum Gasteiger partial charge on any atom is -0.378 e. The average molecular weight is 363 g/mol. The summed E-state index contributed by atoms with van der Waals surface area (Å²) >= 11 is 0. The van der Waals surface area contributed by atoms with Gasteiger partial charge in [-0.1, -0.05) is 0 Å². The zero-order valence-electron chi connectivity index (χ0n) is 13.0. The molecule has 3 heterocycles. The van der Waals surface area contributed by atoms with Gasteiger partial charge in [0.2, 0.25) is 0 Å². The zero-order valence-corrected chi connectivity index (χ0v) is 14.6. The van der Waals surface area contributed by atoms with Crippen LogP contribution in [0.3, 0.4) is 0 Å². The maximum absolute atomic E-state index is 12.5. The number of rotatable bonds is 3. The van der Waals surface area contributed by atoms with Crippen molar-refractivity contribution < 1.29 is 9.53 Å². The van der Waals surface area contributed by atoms with Crippen LogP contribution in [0.1, 0.15) is 23.2 Å². The molecule has 0 saturated carbocycles. The van der Waals surface area contributed by atoms with Gasteiger partial charge >= 0.3 is 0 Å². The van der Waals surface area contributed by atoms with Crippen molar-refractivity contribution in [3.8, 4) is 0 Å². The van der Waals surface area contributed by atoms with Crippen molar-refractivity contribution in [3.63, 3.8) is 0 Å². The first kappa shape index (κ1) is 20.0. The van der Waals surface area contributed by atoms with Gasteiger partial charge in [0.05, 0.1) is 18.8 Å². The van der Waals surface area contributed by atoms with Crippen LogP contribution in [0, 0.1) is 0 Å². The molecular weight excluding hydrogens is 339 g/mol. The van der Waals surface area contributed by atoms with Crippen molar-refractivity contribution in [1.82, 2.24) is 15.6 Å². The molecule has 1 aromatic heterocycles. The molecule has 130 valence electrons. The summed E-state index contributed by atoms with van der Waals surface area (Å²) < 4.78 is 5.36. The number of pyridine rings is 1. The van der Waals surface area contributed by atoms with E-state index in [1.54, 1.807) is 6.20 Å². The predicted molar refractivity (Wildman–Crippen MR) is 95.1 cm³/mol. The van der Waals surface area contributed by atoms with Crippen LogP contribution in [0.5, 0.6) is 0 Å². The van der Waals surface area contributed by atoms with E-state index in [0.29, 0.717) is 18.8 Å². The number of halogens is 2. The molecular formula is C15H24Cl2N4O2. The Hall–Kier alpha value is -1.08. The molecule has 0 bridgehead atoms. The van der Waals surface area contributed by atoms with E-state index in [1.807, 2.05) is 12.1 Å². The summed E-state index contributed by atoms with van der Waals surface area (Å²) in [7, 11) is 0. The monoisotopic (exact) mass is 362 g/mol. The summed E-state index contributed by atoms with van der Waals surface area (Å²) in [5.41, 5.74) is 0.657. The standard InChI is InChI=1S/C15H22N4O2.2ClH/c20-15(18-12-3-1-5-16-11-12)13-4-2-6-17-14(13)19-7-9-21-10-8-19;;/h2,4,6,12,16H,1,3,5,7-11H2,(H,18,20);2*1H. The van der Waals surface area contributed by atoms with E-state index in [2.05, 4.69) is 20.5 Å². The van der Waals surface area contributed by atoms with Gasteiger partial charge in [0.1, 0.15) is 5.82 Å². The number of nitrogens with one attached hydrogen (secondary N) is 2. The van der Waals surface area contributed by atoms with E-state index in [9.17, 15) is 4.79 Å². The number of amides is 1. The number of aromatic nitrogens is 1. The number of carbonyl (C=O) groups is 1. The number of hydrogen-bond acceptors (Lipinski definition) is 5. The summed E-state index contributed by atoms with van der Waals surface area (Å²) in [5.74, 6) is 0.736. The second kappa shape index (κ2) is 9.93. The lowest BCUT2D eigenvalue weighted by Crippen LogP contribution is -2.46. The van der Waals surface area contributed by atoms with Gasteiger partial charge in [0.25, 0.3) is 5.91 Å². The fraction of sp³-hybridized carbons (Fsp3) is 0.600. The molecule has 2 N–H and O–H groups in total.